The molecule has 1 aliphatic carbocycles. The minimum absolute atomic E-state index is 0.136. The van der Waals surface area contributed by atoms with Gasteiger partial charge in [-0.3, -0.25) is 14.3 Å². The Kier molecular flexibility index (Phi) is 7.09. The van der Waals surface area contributed by atoms with Gasteiger partial charge < -0.3 is 9.64 Å². The molecule has 4 rings (SSSR count). The van der Waals surface area contributed by atoms with E-state index in [1.54, 1.807) is 19.5 Å². The van der Waals surface area contributed by atoms with Crippen LogP contribution in [0.5, 0.6) is 5.75 Å². The number of hydrogen-bond donors (Lipinski definition) is 0. The number of ether oxygens (including phenoxy) is 1. The van der Waals surface area contributed by atoms with Crippen molar-refractivity contribution < 1.29 is 9.53 Å². The van der Waals surface area contributed by atoms with Crippen molar-refractivity contribution in [3.63, 3.8) is 0 Å². The number of amides is 1. The van der Waals surface area contributed by atoms with E-state index in [-0.39, 0.29) is 11.2 Å². The monoisotopic (exact) mass is 451 g/mol. The van der Waals surface area contributed by atoms with Gasteiger partial charge in [-0.15, -0.1) is 10.2 Å². The van der Waals surface area contributed by atoms with Gasteiger partial charge in [0, 0.05) is 36.7 Å². The summed E-state index contributed by atoms with van der Waals surface area (Å²) in [5.41, 5.74) is 1.82. The zero-order valence-electron chi connectivity index (χ0n) is 18.8. The summed E-state index contributed by atoms with van der Waals surface area (Å²) < 4.78 is 7.30. The zero-order chi connectivity index (χ0) is 22.5. The van der Waals surface area contributed by atoms with Gasteiger partial charge in [-0.1, -0.05) is 31.0 Å². The molecular weight excluding hydrogens is 422 g/mol. The van der Waals surface area contributed by atoms with Gasteiger partial charge in [-0.05, 0) is 56.2 Å². The van der Waals surface area contributed by atoms with Crippen molar-refractivity contribution in [2.75, 3.05) is 14.2 Å². The van der Waals surface area contributed by atoms with Crippen LogP contribution in [0, 0.1) is 0 Å². The summed E-state index contributed by atoms with van der Waals surface area (Å²) in [7, 11) is 3.58. The summed E-state index contributed by atoms with van der Waals surface area (Å²) in [6.45, 7) is 1.95. The number of benzene rings is 1. The lowest BCUT2D eigenvalue weighted by Crippen LogP contribution is -2.42. The largest absolute Gasteiger partial charge is 0.497 e. The highest BCUT2D eigenvalue weighted by atomic mass is 32.2. The predicted molar refractivity (Wildman–Crippen MR) is 126 cm³/mol. The lowest BCUT2D eigenvalue weighted by atomic mass is 9.94. The highest BCUT2D eigenvalue weighted by Crippen LogP contribution is 2.32. The Balaban J connectivity index is 1.63. The normalized spacial score (nSPS) is 15.3. The molecule has 1 saturated carbocycles. The summed E-state index contributed by atoms with van der Waals surface area (Å²) >= 11 is 1.44. The summed E-state index contributed by atoms with van der Waals surface area (Å²) in [4.78, 5) is 19.2. The maximum atomic E-state index is 13.2. The van der Waals surface area contributed by atoms with Gasteiger partial charge in [0.1, 0.15) is 5.75 Å². The van der Waals surface area contributed by atoms with Crippen molar-refractivity contribution in [2.45, 2.75) is 55.5 Å². The smallest absolute Gasteiger partial charge is 0.235 e. The van der Waals surface area contributed by atoms with Crippen LogP contribution >= 0.6 is 11.8 Å². The second-order valence-electron chi connectivity index (χ2n) is 8.08. The highest BCUT2D eigenvalue weighted by Gasteiger charge is 2.28. The summed E-state index contributed by atoms with van der Waals surface area (Å²) in [5.74, 6) is 1.62. The Bertz CT molecular complexity index is 1030. The lowest BCUT2D eigenvalue weighted by molar-refractivity contribution is -0.131. The van der Waals surface area contributed by atoms with Crippen molar-refractivity contribution in [1.82, 2.24) is 24.6 Å². The molecule has 0 saturated heterocycles. The molecule has 1 aromatic carbocycles. The number of thioether (sulfide) groups is 1. The first-order chi connectivity index (χ1) is 15.6. The molecule has 2 aromatic heterocycles. The van der Waals surface area contributed by atoms with Crippen molar-refractivity contribution in [2.24, 2.45) is 0 Å². The molecule has 2 heterocycles. The molecule has 0 spiro atoms. The molecule has 0 aliphatic heterocycles. The van der Waals surface area contributed by atoms with Crippen LogP contribution in [0.1, 0.15) is 39.0 Å². The standard InChI is InChI=1S/C24H29N5O2S/c1-17(23(30)28(2)19-7-5-4-6-8-19)32-24-27-26-22(18-13-15-25-16-14-18)29(24)20-9-11-21(31-3)12-10-20/h9-17,19H,4-8H2,1-3H3/t17-/m1/s1. The quantitative estimate of drug-likeness (QED) is 0.489. The van der Waals surface area contributed by atoms with Crippen LogP contribution in [-0.4, -0.2) is 56.0 Å². The number of rotatable bonds is 7. The van der Waals surface area contributed by atoms with Gasteiger partial charge in [0.2, 0.25) is 5.91 Å². The Morgan fingerprint density at radius 1 is 1.09 bits per heavy atom. The lowest BCUT2D eigenvalue weighted by Gasteiger charge is -2.32. The average Bonchev–Trinajstić information content (AvgIpc) is 3.27. The summed E-state index contributed by atoms with van der Waals surface area (Å²) in [5, 5.41) is 9.33. The van der Waals surface area contributed by atoms with Crippen LogP contribution in [0.3, 0.4) is 0 Å². The molecule has 7 nitrogen and oxygen atoms in total. The third kappa shape index (κ3) is 4.80. The fourth-order valence-corrected chi connectivity index (χ4v) is 5.11. The molecule has 0 radical (unpaired) electrons. The van der Waals surface area contributed by atoms with Gasteiger partial charge in [0.15, 0.2) is 11.0 Å². The van der Waals surface area contributed by atoms with Gasteiger partial charge in [0.05, 0.1) is 12.4 Å². The molecule has 32 heavy (non-hydrogen) atoms. The molecule has 168 valence electrons. The fraction of sp³-hybridized carbons (Fsp3) is 0.417. The topological polar surface area (TPSA) is 73.1 Å². The van der Waals surface area contributed by atoms with E-state index >= 15 is 0 Å². The Labute approximate surface area is 193 Å². The number of methoxy groups -OCH3 is 1. The number of carbonyl (C=O) groups excluding carboxylic acids is 1. The van der Waals surface area contributed by atoms with E-state index in [4.69, 9.17) is 4.74 Å². The maximum absolute atomic E-state index is 13.2. The molecular formula is C24H29N5O2S. The average molecular weight is 452 g/mol. The van der Waals surface area contributed by atoms with Crippen molar-refractivity contribution >= 4 is 17.7 Å². The first-order valence-corrected chi connectivity index (χ1v) is 11.9. The number of carbonyl (C=O) groups is 1. The summed E-state index contributed by atoms with van der Waals surface area (Å²) in [6, 6.07) is 11.9. The first kappa shape index (κ1) is 22.3. The Hall–Kier alpha value is -2.87. The SMILES string of the molecule is COc1ccc(-n2c(S[C@H](C)C(=O)N(C)C3CCCCC3)nnc2-c2ccncc2)cc1. The molecule has 1 aliphatic rings. The number of aromatic nitrogens is 4. The number of nitrogens with zero attached hydrogens (tertiary/aromatic N) is 5. The minimum atomic E-state index is -0.270. The van der Waals surface area contributed by atoms with E-state index in [9.17, 15) is 4.79 Å². The molecule has 1 atom stereocenters. The van der Waals surface area contributed by atoms with E-state index in [1.807, 2.05) is 59.8 Å². The van der Waals surface area contributed by atoms with Crippen LogP contribution in [0.25, 0.3) is 17.1 Å². The first-order valence-electron chi connectivity index (χ1n) is 11.0. The third-order valence-corrected chi connectivity index (χ3v) is 7.03. The highest BCUT2D eigenvalue weighted by molar-refractivity contribution is 8.00. The Morgan fingerprint density at radius 2 is 1.78 bits per heavy atom. The van der Waals surface area contributed by atoms with E-state index in [0.717, 1.165) is 29.8 Å². The van der Waals surface area contributed by atoms with Crippen molar-refractivity contribution in [3.8, 4) is 22.8 Å². The van der Waals surface area contributed by atoms with Gasteiger partial charge in [-0.25, -0.2) is 0 Å². The molecule has 0 unspecified atom stereocenters. The second kappa shape index (κ2) is 10.2. The zero-order valence-corrected chi connectivity index (χ0v) is 19.6. The van der Waals surface area contributed by atoms with Crippen molar-refractivity contribution in [3.05, 3.63) is 48.8 Å². The van der Waals surface area contributed by atoms with E-state index < -0.39 is 0 Å². The molecule has 0 N–H and O–H groups in total. The van der Waals surface area contributed by atoms with Crippen LogP contribution in [0.4, 0.5) is 0 Å². The Morgan fingerprint density at radius 3 is 2.44 bits per heavy atom. The van der Waals surface area contributed by atoms with E-state index in [1.165, 1.54) is 31.0 Å². The summed E-state index contributed by atoms with van der Waals surface area (Å²) in [6.07, 6.45) is 9.32. The number of pyridine rings is 1. The van der Waals surface area contributed by atoms with Gasteiger partial charge >= 0.3 is 0 Å². The van der Waals surface area contributed by atoms with Crippen LogP contribution < -0.4 is 4.74 Å². The van der Waals surface area contributed by atoms with E-state index in [2.05, 4.69) is 15.2 Å². The fourth-order valence-electron chi connectivity index (χ4n) is 4.14. The predicted octanol–water partition coefficient (Wildman–Crippen LogP) is 4.61. The third-order valence-electron chi connectivity index (χ3n) is 6.00. The minimum Gasteiger partial charge on any atom is -0.497 e. The van der Waals surface area contributed by atoms with E-state index in [0.29, 0.717) is 17.0 Å². The molecule has 3 aromatic rings. The number of hydrogen-bond acceptors (Lipinski definition) is 6. The van der Waals surface area contributed by atoms with Crippen molar-refractivity contribution in [1.29, 1.82) is 0 Å². The molecule has 1 amide bonds. The maximum Gasteiger partial charge on any atom is 0.235 e. The van der Waals surface area contributed by atoms with Gasteiger partial charge in [0.25, 0.3) is 0 Å². The van der Waals surface area contributed by atoms with Crippen LogP contribution in [0.15, 0.2) is 53.9 Å². The second-order valence-corrected chi connectivity index (χ2v) is 9.38. The molecule has 0 bridgehead atoms. The van der Waals surface area contributed by atoms with Gasteiger partial charge in [-0.2, -0.15) is 0 Å². The van der Waals surface area contributed by atoms with Crippen LogP contribution in [0.2, 0.25) is 0 Å². The van der Waals surface area contributed by atoms with Crippen LogP contribution in [-0.2, 0) is 4.79 Å². The molecule has 8 heteroatoms. The molecule has 1 fully saturated rings.